The van der Waals surface area contributed by atoms with Crippen LogP contribution in [0.1, 0.15) is 18.3 Å². The van der Waals surface area contributed by atoms with Gasteiger partial charge in [0.15, 0.2) is 0 Å². The monoisotopic (exact) mass is 386 g/mol. The summed E-state index contributed by atoms with van der Waals surface area (Å²) in [5, 5.41) is 8.45. The molecule has 0 aliphatic heterocycles. The first-order chi connectivity index (χ1) is 14.2. The Morgan fingerprint density at radius 3 is 2.66 bits per heavy atom. The smallest absolute Gasteiger partial charge is 0.105 e. The maximum absolute atomic E-state index is 4.85. The van der Waals surface area contributed by atoms with E-state index in [4.69, 9.17) is 5.10 Å². The molecule has 4 rings (SSSR count). The highest BCUT2D eigenvalue weighted by molar-refractivity contribution is 5.62. The van der Waals surface area contributed by atoms with Gasteiger partial charge in [-0.25, -0.2) is 9.67 Å². The van der Waals surface area contributed by atoms with Crippen LogP contribution in [0.2, 0.25) is 0 Å². The van der Waals surface area contributed by atoms with Gasteiger partial charge in [-0.1, -0.05) is 25.1 Å². The topological polar surface area (TPSA) is 60.6 Å². The van der Waals surface area contributed by atoms with Gasteiger partial charge in [0, 0.05) is 55.2 Å². The van der Waals surface area contributed by atoms with Gasteiger partial charge >= 0.3 is 0 Å². The third-order valence-electron chi connectivity index (χ3n) is 4.99. The fourth-order valence-corrected chi connectivity index (χ4v) is 3.45. The predicted octanol–water partition coefficient (Wildman–Crippen LogP) is 3.87. The Labute approximate surface area is 171 Å². The third kappa shape index (κ3) is 4.60. The minimum atomic E-state index is 0.494. The van der Waals surface area contributed by atoms with E-state index in [1.165, 1.54) is 0 Å². The fourth-order valence-electron chi connectivity index (χ4n) is 3.45. The quantitative estimate of drug-likeness (QED) is 0.499. The SMILES string of the molecule is Cc1nccn1CC(C)CNCc1cn(-c2ccccc2)nc1-c1cccnc1. The molecule has 0 amide bonds. The number of para-hydroxylation sites is 1. The third-order valence-corrected chi connectivity index (χ3v) is 4.99. The number of hydrogen-bond acceptors (Lipinski definition) is 4. The van der Waals surface area contributed by atoms with Crippen LogP contribution in [-0.2, 0) is 13.1 Å². The van der Waals surface area contributed by atoms with Gasteiger partial charge in [0.1, 0.15) is 5.82 Å². The van der Waals surface area contributed by atoms with Gasteiger partial charge < -0.3 is 9.88 Å². The molecular formula is C23H26N6. The first-order valence-corrected chi connectivity index (χ1v) is 9.93. The van der Waals surface area contributed by atoms with E-state index in [2.05, 4.69) is 51.2 Å². The molecule has 0 radical (unpaired) electrons. The van der Waals surface area contributed by atoms with Crippen molar-refractivity contribution in [2.24, 2.45) is 5.92 Å². The lowest BCUT2D eigenvalue weighted by atomic mass is 10.1. The lowest BCUT2D eigenvalue weighted by Crippen LogP contribution is -2.24. The summed E-state index contributed by atoms with van der Waals surface area (Å²) in [7, 11) is 0. The van der Waals surface area contributed by atoms with Gasteiger partial charge in [-0.05, 0) is 43.7 Å². The minimum Gasteiger partial charge on any atom is -0.335 e. The highest BCUT2D eigenvalue weighted by atomic mass is 15.3. The summed E-state index contributed by atoms with van der Waals surface area (Å²) in [4.78, 5) is 8.56. The zero-order valence-corrected chi connectivity index (χ0v) is 16.9. The van der Waals surface area contributed by atoms with Crippen molar-refractivity contribution < 1.29 is 0 Å². The molecule has 148 valence electrons. The zero-order chi connectivity index (χ0) is 20.1. The van der Waals surface area contributed by atoms with Crippen molar-refractivity contribution >= 4 is 0 Å². The molecule has 0 saturated heterocycles. The summed E-state index contributed by atoms with van der Waals surface area (Å²) in [6.45, 7) is 6.92. The first-order valence-electron chi connectivity index (χ1n) is 9.93. The second-order valence-electron chi connectivity index (χ2n) is 7.39. The molecule has 0 bridgehead atoms. The molecule has 0 saturated carbocycles. The zero-order valence-electron chi connectivity index (χ0n) is 16.9. The Hall–Kier alpha value is -3.25. The Morgan fingerprint density at radius 2 is 1.93 bits per heavy atom. The van der Waals surface area contributed by atoms with E-state index in [1.807, 2.05) is 54.5 Å². The molecule has 1 atom stereocenters. The van der Waals surface area contributed by atoms with Gasteiger partial charge in [-0.2, -0.15) is 5.10 Å². The van der Waals surface area contributed by atoms with Crippen LogP contribution < -0.4 is 5.32 Å². The molecule has 0 fully saturated rings. The molecule has 6 nitrogen and oxygen atoms in total. The molecule has 1 N–H and O–H groups in total. The van der Waals surface area contributed by atoms with Gasteiger partial charge in [0.05, 0.1) is 11.4 Å². The highest BCUT2D eigenvalue weighted by Crippen LogP contribution is 2.23. The molecule has 1 aromatic carbocycles. The second kappa shape index (κ2) is 8.84. The molecular weight excluding hydrogens is 360 g/mol. The van der Waals surface area contributed by atoms with Crippen LogP contribution in [0, 0.1) is 12.8 Å². The normalized spacial score (nSPS) is 12.2. The second-order valence-corrected chi connectivity index (χ2v) is 7.39. The van der Waals surface area contributed by atoms with Crippen molar-refractivity contribution in [3.8, 4) is 16.9 Å². The van der Waals surface area contributed by atoms with Crippen molar-refractivity contribution in [3.05, 3.63) is 84.8 Å². The lowest BCUT2D eigenvalue weighted by Gasteiger charge is -2.14. The maximum Gasteiger partial charge on any atom is 0.105 e. The number of benzene rings is 1. The number of rotatable bonds is 8. The van der Waals surface area contributed by atoms with E-state index in [9.17, 15) is 0 Å². The number of nitrogens with zero attached hydrogens (tertiary/aromatic N) is 5. The number of pyridine rings is 1. The van der Waals surface area contributed by atoms with Crippen LogP contribution in [0.15, 0.2) is 73.4 Å². The average Bonchev–Trinajstić information content (AvgIpc) is 3.36. The van der Waals surface area contributed by atoms with Crippen LogP contribution >= 0.6 is 0 Å². The van der Waals surface area contributed by atoms with Crippen molar-refractivity contribution in [1.82, 2.24) is 29.6 Å². The van der Waals surface area contributed by atoms with Crippen LogP contribution in [0.4, 0.5) is 0 Å². The molecule has 6 heteroatoms. The fraction of sp³-hybridized carbons (Fsp3) is 0.261. The van der Waals surface area contributed by atoms with Gasteiger partial charge in [0.2, 0.25) is 0 Å². The van der Waals surface area contributed by atoms with Crippen LogP contribution in [0.5, 0.6) is 0 Å². The van der Waals surface area contributed by atoms with E-state index >= 15 is 0 Å². The summed E-state index contributed by atoms with van der Waals surface area (Å²) >= 11 is 0. The largest absolute Gasteiger partial charge is 0.335 e. The van der Waals surface area contributed by atoms with Crippen LogP contribution in [-0.4, -0.2) is 30.9 Å². The van der Waals surface area contributed by atoms with Crippen molar-refractivity contribution in [3.63, 3.8) is 0 Å². The molecule has 4 aromatic rings. The summed E-state index contributed by atoms with van der Waals surface area (Å²) < 4.78 is 4.14. The molecule has 0 aliphatic rings. The average molecular weight is 387 g/mol. The molecule has 3 heterocycles. The van der Waals surface area contributed by atoms with E-state index < -0.39 is 0 Å². The van der Waals surface area contributed by atoms with Crippen LogP contribution in [0.3, 0.4) is 0 Å². The number of aromatic nitrogens is 5. The Morgan fingerprint density at radius 1 is 1.07 bits per heavy atom. The van der Waals surface area contributed by atoms with E-state index in [-0.39, 0.29) is 0 Å². The number of nitrogens with one attached hydrogen (secondary N) is 1. The number of aryl methyl sites for hydroxylation is 1. The van der Waals surface area contributed by atoms with Crippen molar-refractivity contribution in [1.29, 1.82) is 0 Å². The molecule has 3 aromatic heterocycles. The summed E-state index contributed by atoms with van der Waals surface area (Å²) in [6.07, 6.45) is 9.65. The maximum atomic E-state index is 4.85. The summed E-state index contributed by atoms with van der Waals surface area (Å²) in [5.74, 6) is 1.55. The highest BCUT2D eigenvalue weighted by Gasteiger charge is 2.13. The Bertz CT molecular complexity index is 1040. The minimum absolute atomic E-state index is 0.494. The van der Waals surface area contributed by atoms with E-state index in [0.29, 0.717) is 5.92 Å². The Balaban J connectivity index is 1.48. The molecule has 0 spiro atoms. The first kappa shape index (κ1) is 19.1. The van der Waals surface area contributed by atoms with Crippen LogP contribution in [0.25, 0.3) is 16.9 Å². The molecule has 29 heavy (non-hydrogen) atoms. The Kier molecular flexibility index (Phi) is 5.81. The number of hydrogen-bond donors (Lipinski definition) is 1. The predicted molar refractivity (Wildman–Crippen MR) is 115 cm³/mol. The standard InChI is InChI=1S/C23H26N6/c1-18(16-28-12-11-26-19(28)2)13-25-15-21-17-29(22-8-4-3-5-9-22)27-23(21)20-7-6-10-24-14-20/h3-12,14,17-18,25H,13,15-16H2,1-2H3. The summed E-state index contributed by atoms with van der Waals surface area (Å²) in [6, 6.07) is 14.2. The van der Waals surface area contributed by atoms with Crippen molar-refractivity contribution in [2.45, 2.75) is 26.9 Å². The van der Waals surface area contributed by atoms with E-state index in [0.717, 1.165) is 48.0 Å². The lowest BCUT2D eigenvalue weighted by molar-refractivity contribution is 0.440. The van der Waals surface area contributed by atoms with Gasteiger partial charge in [-0.15, -0.1) is 0 Å². The van der Waals surface area contributed by atoms with Crippen molar-refractivity contribution in [2.75, 3.05) is 6.54 Å². The molecule has 0 aliphatic carbocycles. The summed E-state index contributed by atoms with van der Waals surface area (Å²) in [5.41, 5.74) is 4.20. The van der Waals surface area contributed by atoms with Gasteiger partial charge in [0.25, 0.3) is 0 Å². The molecule has 1 unspecified atom stereocenters. The van der Waals surface area contributed by atoms with E-state index in [1.54, 1.807) is 6.20 Å². The number of imidazole rings is 1. The van der Waals surface area contributed by atoms with Gasteiger partial charge in [-0.3, -0.25) is 4.98 Å².